The van der Waals surface area contributed by atoms with Crippen molar-refractivity contribution in [3.05, 3.63) is 18.2 Å². The molecular formula is C16H30N4O. The van der Waals surface area contributed by atoms with Crippen molar-refractivity contribution in [2.75, 3.05) is 33.4 Å². The molecule has 21 heavy (non-hydrogen) atoms. The molecule has 0 radical (unpaired) electrons. The van der Waals surface area contributed by atoms with Gasteiger partial charge in [-0.25, -0.2) is 4.98 Å². The van der Waals surface area contributed by atoms with Gasteiger partial charge in [-0.3, -0.25) is 0 Å². The summed E-state index contributed by atoms with van der Waals surface area (Å²) in [7, 11) is 1.73. The first-order valence-electron chi connectivity index (χ1n) is 8.24. The first-order chi connectivity index (χ1) is 10.3. The van der Waals surface area contributed by atoms with Gasteiger partial charge in [0.15, 0.2) is 0 Å². The molecule has 1 aliphatic rings. The Balaban J connectivity index is 1.69. The molecule has 0 aromatic carbocycles. The van der Waals surface area contributed by atoms with Gasteiger partial charge >= 0.3 is 0 Å². The zero-order valence-corrected chi connectivity index (χ0v) is 13.6. The molecule has 1 N–H and O–H groups in total. The van der Waals surface area contributed by atoms with Crippen LogP contribution in [0.25, 0.3) is 0 Å². The molecule has 1 aromatic heterocycles. The number of hydrogen-bond donors (Lipinski definition) is 1. The van der Waals surface area contributed by atoms with Crippen molar-refractivity contribution in [2.45, 2.75) is 51.7 Å². The van der Waals surface area contributed by atoms with E-state index >= 15 is 0 Å². The minimum atomic E-state index is 0.751. The van der Waals surface area contributed by atoms with Crippen LogP contribution in [0.15, 0.2) is 12.5 Å². The Kier molecular flexibility index (Phi) is 7.19. The number of methoxy groups -OCH3 is 1. The summed E-state index contributed by atoms with van der Waals surface area (Å²) in [6, 6.07) is 0.761. The Morgan fingerprint density at radius 2 is 2.29 bits per heavy atom. The van der Waals surface area contributed by atoms with Crippen LogP contribution < -0.4 is 5.32 Å². The second-order valence-corrected chi connectivity index (χ2v) is 5.98. The monoisotopic (exact) mass is 294 g/mol. The van der Waals surface area contributed by atoms with Crippen molar-refractivity contribution >= 4 is 0 Å². The minimum absolute atomic E-state index is 0.751. The molecule has 1 aliphatic heterocycles. The van der Waals surface area contributed by atoms with Gasteiger partial charge in [0.2, 0.25) is 0 Å². The summed E-state index contributed by atoms with van der Waals surface area (Å²) in [4.78, 5) is 6.92. The summed E-state index contributed by atoms with van der Waals surface area (Å²) in [5.74, 6) is 0. The molecule has 2 rings (SSSR count). The molecule has 1 saturated heterocycles. The van der Waals surface area contributed by atoms with Crippen LogP contribution in [0, 0.1) is 0 Å². The Morgan fingerprint density at radius 1 is 1.38 bits per heavy atom. The van der Waals surface area contributed by atoms with E-state index in [1.165, 1.54) is 44.5 Å². The van der Waals surface area contributed by atoms with Crippen LogP contribution in [0.4, 0.5) is 0 Å². The van der Waals surface area contributed by atoms with Gasteiger partial charge < -0.3 is 19.5 Å². The van der Waals surface area contributed by atoms with E-state index in [0.29, 0.717) is 0 Å². The molecule has 120 valence electrons. The second kappa shape index (κ2) is 9.18. The van der Waals surface area contributed by atoms with E-state index in [-0.39, 0.29) is 0 Å². The topological polar surface area (TPSA) is 42.3 Å². The molecule has 0 spiro atoms. The summed E-state index contributed by atoms with van der Waals surface area (Å²) in [6.07, 6.45) is 9.24. The van der Waals surface area contributed by atoms with Crippen molar-refractivity contribution in [3.63, 3.8) is 0 Å². The lowest BCUT2D eigenvalue weighted by Crippen LogP contribution is -2.38. The highest BCUT2D eigenvalue weighted by Crippen LogP contribution is 2.16. The molecular weight excluding hydrogens is 264 g/mol. The normalized spacial score (nSPS) is 20.0. The number of nitrogens with one attached hydrogen (secondary N) is 1. The lowest BCUT2D eigenvalue weighted by molar-refractivity contribution is 0.156. The predicted molar refractivity (Wildman–Crippen MR) is 85.3 cm³/mol. The molecule has 1 aromatic rings. The lowest BCUT2D eigenvalue weighted by atomic mass is 10.0. The number of piperidine rings is 1. The number of imidazole rings is 1. The van der Waals surface area contributed by atoms with Crippen LogP contribution >= 0.6 is 0 Å². The molecule has 0 bridgehead atoms. The lowest BCUT2D eigenvalue weighted by Gasteiger charge is -2.33. The van der Waals surface area contributed by atoms with Crippen molar-refractivity contribution in [1.82, 2.24) is 19.8 Å². The molecule has 1 atom stereocenters. The van der Waals surface area contributed by atoms with Crippen LogP contribution in [0.5, 0.6) is 0 Å². The summed E-state index contributed by atoms with van der Waals surface area (Å²) < 4.78 is 7.32. The number of hydrogen-bond acceptors (Lipinski definition) is 4. The Hall–Kier alpha value is -0.910. The molecule has 2 heterocycles. The van der Waals surface area contributed by atoms with E-state index in [4.69, 9.17) is 4.74 Å². The fourth-order valence-corrected chi connectivity index (χ4v) is 3.02. The predicted octanol–water partition coefficient (Wildman–Crippen LogP) is 1.88. The second-order valence-electron chi connectivity index (χ2n) is 5.98. The smallest absolute Gasteiger partial charge is 0.0948 e. The molecule has 5 nitrogen and oxygen atoms in total. The third kappa shape index (κ3) is 5.41. The largest absolute Gasteiger partial charge is 0.383 e. The maximum absolute atomic E-state index is 5.04. The number of aryl methyl sites for hydroxylation is 1. The maximum Gasteiger partial charge on any atom is 0.0948 e. The average Bonchev–Trinajstić information content (AvgIpc) is 2.93. The van der Waals surface area contributed by atoms with E-state index in [2.05, 4.69) is 26.7 Å². The van der Waals surface area contributed by atoms with Gasteiger partial charge in [0.1, 0.15) is 0 Å². The highest BCUT2D eigenvalue weighted by molar-refractivity contribution is 4.97. The van der Waals surface area contributed by atoms with Crippen molar-refractivity contribution in [3.8, 4) is 0 Å². The Bertz CT molecular complexity index is 393. The molecule has 0 amide bonds. The van der Waals surface area contributed by atoms with Crippen LogP contribution in [0.1, 0.15) is 38.3 Å². The standard InChI is InChI=1S/C16H30N4O/c1-15-6-3-4-8-19(15)9-5-10-20-14-18-13-16(20)12-17-7-11-21-2/h13-15,17H,3-12H2,1-2H3. The Morgan fingerprint density at radius 3 is 3.10 bits per heavy atom. The van der Waals surface area contributed by atoms with Gasteiger partial charge in [0.25, 0.3) is 0 Å². The van der Waals surface area contributed by atoms with E-state index in [1.54, 1.807) is 7.11 Å². The molecule has 0 saturated carbocycles. The highest BCUT2D eigenvalue weighted by atomic mass is 16.5. The van der Waals surface area contributed by atoms with Gasteiger partial charge in [-0.1, -0.05) is 6.42 Å². The van der Waals surface area contributed by atoms with Gasteiger partial charge in [0.05, 0.1) is 18.6 Å². The first kappa shape index (κ1) is 16.5. The van der Waals surface area contributed by atoms with Gasteiger partial charge in [-0.2, -0.15) is 0 Å². The van der Waals surface area contributed by atoms with Crippen LogP contribution in [0.2, 0.25) is 0 Å². The number of nitrogens with zero attached hydrogens (tertiary/aromatic N) is 3. The van der Waals surface area contributed by atoms with Crippen molar-refractivity contribution in [2.24, 2.45) is 0 Å². The fraction of sp³-hybridized carbons (Fsp3) is 0.812. The van der Waals surface area contributed by atoms with E-state index in [9.17, 15) is 0 Å². The first-order valence-corrected chi connectivity index (χ1v) is 8.24. The van der Waals surface area contributed by atoms with Gasteiger partial charge in [-0.05, 0) is 32.7 Å². The van der Waals surface area contributed by atoms with Crippen LogP contribution in [-0.4, -0.2) is 53.8 Å². The summed E-state index contributed by atoms with van der Waals surface area (Å²) in [5, 5.41) is 3.38. The minimum Gasteiger partial charge on any atom is -0.383 e. The SMILES string of the molecule is COCCNCc1cncn1CCCN1CCCCC1C. The number of rotatable bonds is 9. The average molecular weight is 294 g/mol. The van der Waals surface area contributed by atoms with Crippen LogP contribution in [0.3, 0.4) is 0 Å². The van der Waals surface area contributed by atoms with Crippen molar-refractivity contribution < 1.29 is 4.74 Å². The summed E-state index contributed by atoms with van der Waals surface area (Å²) in [6.45, 7) is 8.40. The maximum atomic E-state index is 5.04. The van der Waals surface area contributed by atoms with Gasteiger partial charge in [-0.15, -0.1) is 0 Å². The zero-order valence-electron chi connectivity index (χ0n) is 13.6. The number of ether oxygens (including phenoxy) is 1. The highest BCUT2D eigenvalue weighted by Gasteiger charge is 2.17. The van der Waals surface area contributed by atoms with E-state index in [0.717, 1.165) is 32.3 Å². The molecule has 0 aliphatic carbocycles. The summed E-state index contributed by atoms with van der Waals surface area (Å²) in [5.41, 5.74) is 1.26. The third-order valence-corrected chi connectivity index (χ3v) is 4.37. The fourth-order valence-electron chi connectivity index (χ4n) is 3.02. The van der Waals surface area contributed by atoms with Crippen molar-refractivity contribution in [1.29, 1.82) is 0 Å². The molecule has 1 fully saturated rings. The number of likely N-dealkylation sites (tertiary alicyclic amines) is 1. The zero-order chi connectivity index (χ0) is 14.9. The quantitative estimate of drug-likeness (QED) is 0.706. The van der Waals surface area contributed by atoms with E-state index < -0.39 is 0 Å². The number of aromatic nitrogens is 2. The van der Waals surface area contributed by atoms with Gasteiger partial charge in [0, 0.05) is 45.5 Å². The van der Waals surface area contributed by atoms with Crippen LogP contribution in [-0.2, 0) is 17.8 Å². The molecule has 1 unspecified atom stereocenters. The molecule has 5 heteroatoms. The van der Waals surface area contributed by atoms with E-state index in [1.807, 2.05) is 12.5 Å². The third-order valence-electron chi connectivity index (χ3n) is 4.37. The summed E-state index contributed by atoms with van der Waals surface area (Å²) >= 11 is 0. The Labute approximate surface area is 128 Å².